The zero-order valence-corrected chi connectivity index (χ0v) is 5.35. The molecule has 0 aliphatic heterocycles. The van der Waals surface area contributed by atoms with Crippen molar-refractivity contribution in [3.63, 3.8) is 0 Å². The maximum absolute atomic E-state index is 2.81. The van der Waals surface area contributed by atoms with E-state index in [4.69, 9.17) is 0 Å². The van der Waals surface area contributed by atoms with Crippen molar-refractivity contribution < 1.29 is 29.8 Å². The van der Waals surface area contributed by atoms with Crippen LogP contribution in [0.1, 0.15) is 6.92 Å². The molecule has 40 valence electrons. The van der Waals surface area contributed by atoms with Gasteiger partial charge in [-0.2, -0.15) is 0 Å². The monoisotopic (exact) mass is 128 g/mol. The topological polar surface area (TPSA) is 14.0 Å². The van der Waals surface area contributed by atoms with Crippen LogP contribution in [0.3, 0.4) is 0 Å². The molecule has 0 rings (SSSR count). The fourth-order valence-corrected chi connectivity index (χ4v) is 0. The summed E-state index contributed by atoms with van der Waals surface area (Å²) in [7, 11) is 1.88. The minimum Gasteiger partial charge on any atom is -1.00 e. The molecule has 0 unspecified atom stereocenters. The van der Waals surface area contributed by atoms with Gasteiger partial charge in [0.1, 0.15) is 13.3 Å². The molecule has 0 amide bonds. The van der Waals surface area contributed by atoms with E-state index in [0.29, 0.717) is 0 Å². The lowest BCUT2D eigenvalue weighted by Crippen LogP contribution is -3.00. The van der Waals surface area contributed by atoms with Crippen LogP contribution in [-0.4, -0.2) is 13.3 Å². The third-order valence-electron chi connectivity index (χ3n) is 0.289. The average Bonchev–Trinajstić information content (AvgIpc) is 1.37. The predicted octanol–water partition coefficient (Wildman–Crippen LogP) is -7.20. The van der Waals surface area contributed by atoms with Gasteiger partial charge < -0.3 is 24.8 Å². The van der Waals surface area contributed by atoms with Crippen LogP contribution in [-0.2, 0) is 0 Å². The standard InChI is InChI=1S/C3H7N.2ClH/c1-3-4-2;;/h3H,1-2H3;2*1H/p-1. The Morgan fingerprint density at radius 2 is 1.50 bits per heavy atom. The first-order chi connectivity index (χ1) is 1.91. The van der Waals surface area contributed by atoms with Crippen LogP contribution in [0.15, 0.2) is 0 Å². The number of rotatable bonds is 0. The maximum Gasteiger partial charge on any atom is 0.134 e. The van der Waals surface area contributed by atoms with E-state index in [0.717, 1.165) is 0 Å². The maximum atomic E-state index is 2.81. The van der Waals surface area contributed by atoms with Gasteiger partial charge in [-0.3, -0.25) is 4.99 Å². The fraction of sp³-hybridized carbons (Fsp3) is 0.667. The number of hydrogen-bond donors (Lipinski definition) is 1. The third kappa shape index (κ3) is 28.7. The molecule has 0 aromatic carbocycles. The Labute approximate surface area is 50.7 Å². The average molecular weight is 129 g/mol. The summed E-state index contributed by atoms with van der Waals surface area (Å²) >= 11 is 0. The van der Waals surface area contributed by atoms with Crippen molar-refractivity contribution in [2.24, 2.45) is 0 Å². The molecule has 0 atom stereocenters. The molecule has 0 radical (unpaired) electrons. The van der Waals surface area contributed by atoms with Gasteiger partial charge in [-0.15, -0.1) is 0 Å². The molecule has 1 nitrogen and oxygen atoms in total. The highest BCUT2D eigenvalue weighted by atomic mass is 35.5. The Bertz CT molecular complexity index is 24.0. The Balaban J connectivity index is -0.0000000450. The second-order valence-electron chi connectivity index (χ2n) is 0.577. The molecule has 0 fully saturated rings. The molecular weight excluding hydrogens is 121 g/mol. The summed E-state index contributed by atoms with van der Waals surface area (Å²) < 4.78 is 0. The zero-order chi connectivity index (χ0) is 3.41. The SMILES string of the molecule is CC=[NH+]C.[Cl-].[Cl-]. The number of nitrogens with one attached hydrogen (secondary N) is 1. The van der Waals surface area contributed by atoms with E-state index in [1.807, 2.05) is 20.2 Å². The molecule has 0 aliphatic carbocycles. The highest BCUT2D eigenvalue weighted by Gasteiger charge is 1.41. The van der Waals surface area contributed by atoms with Crippen molar-refractivity contribution in [3.05, 3.63) is 0 Å². The zero-order valence-electron chi connectivity index (χ0n) is 3.83. The van der Waals surface area contributed by atoms with Gasteiger partial charge in [-0.05, 0) is 0 Å². The first-order valence-electron chi connectivity index (χ1n) is 1.37. The van der Waals surface area contributed by atoms with E-state index >= 15 is 0 Å². The van der Waals surface area contributed by atoms with Crippen molar-refractivity contribution in [2.75, 3.05) is 7.05 Å². The van der Waals surface area contributed by atoms with Crippen molar-refractivity contribution in [3.8, 4) is 0 Å². The minimum atomic E-state index is 0. The van der Waals surface area contributed by atoms with Crippen LogP contribution in [0, 0.1) is 0 Å². The van der Waals surface area contributed by atoms with Crippen molar-refractivity contribution in [1.82, 2.24) is 0 Å². The lowest BCUT2D eigenvalue weighted by Gasteiger charge is -1.45. The summed E-state index contributed by atoms with van der Waals surface area (Å²) in [5.74, 6) is 0. The molecule has 0 bridgehead atoms. The highest BCUT2D eigenvalue weighted by Crippen LogP contribution is 1.05. The van der Waals surface area contributed by atoms with Crippen LogP contribution in [0.4, 0.5) is 0 Å². The van der Waals surface area contributed by atoms with E-state index in [9.17, 15) is 0 Å². The summed E-state index contributed by atoms with van der Waals surface area (Å²) in [6, 6.07) is 0. The number of halogens is 2. The van der Waals surface area contributed by atoms with Crippen molar-refractivity contribution in [1.29, 1.82) is 0 Å². The summed E-state index contributed by atoms with van der Waals surface area (Å²) in [6.45, 7) is 1.94. The van der Waals surface area contributed by atoms with Crippen molar-refractivity contribution in [2.45, 2.75) is 6.92 Å². The minimum absolute atomic E-state index is 0. The summed E-state index contributed by atoms with van der Waals surface area (Å²) in [4.78, 5) is 2.81. The van der Waals surface area contributed by atoms with E-state index in [1.165, 1.54) is 0 Å². The van der Waals surface area contributed by atoms with Gasteiger partial charge in [-0.1, -0.05) is 0 Å². The second kappa shape index (κ2) is 18.7. The van der Waals surface area contributed by atoms with Gasteiger partial charge in [0.15, 0.2) is 0 Å². The molecule has 0 aliphatic rings. The molecule has 0 saturated heterocycles. The van der Waals surface area contributed by atoms with Gasteiger partial charge in [0.2, 0.25) is 0 Å². The first-order valence-corrected chi connectivity index (χ1v) is 1.37. The van der Waals surface area contributed by atoms with Gasteiger partial charge in [0, 0.05) is 6.92 Å². The van der Waals surface area contributed by atoms with Crippen LogP contribution in [0.25, 0.3) is 0 Å². The largest absolute Gasteiger partial charge is 1.00 e. The molecule has 1 N–H and O–H groups in total. The predicted molar refractivity (Wildman–Crippen MR) is 18.6 cm³/mol. The second-order valence-corrected chi connectivity index (χ2v) is 0.577. The molecule has 0 heterocycles. The smallest absolute Gasteiger partial charge is 0.134 e. The van der Waals surface area contributed by atoms with E-state index in [1.54, 1.807) is 0 Å². The Kier molecular flexibility index (Phi) is 50.9. The summed E-state index contributed by atoms with van der Waals surface area (Å²) in [6.07, 6.45) is 1.88. The van der Waals surface area contributed by atoms with Crippen LogP contribution < -0.4 is 29.8 Å². The quantitative estimate of drug-likeness (QED) is 0.312. The molecule has 0 aromatic rings. The third-order valence-corrected chi connectivity index (χ3v) is 0.289. The molecule has 3 heteroatoms. The van der Waals surface area contributed by atoms with Gasteiger partial charge in [-0.25, -0.2) is 0 Å². The lowest BCUT2D eigenvalue weighted by atomic mass is 10.9. The van der Waals surface area contributed by atoms with Crippen LogP contribution in [0.5, 0.6) is 0 Å². The lowest BCUT2D eigenvalue weighted by molar-refractivity contribution is -0.414. The number of hydrogen-bond acceptors (Lipinski definition) is 0. The Morgan fingerprint density at radius 3 is 1.50 bits per heavy atom. The van der Waals surface area contributed by atoms with E-state index < -0.39 is 0 Å². The van der Waals surface area contributed by atoms with Crippen LogP contribution >= 0.6 is 0 Å². The summed E-state index contributed by atoms with van der Waals surface area (Å²) in [5, 5.41) is 0. The Hall–Kier alpha value is 0.250. The highest BCUT2D eigenvalue weighted by molar-refractivity contribution is 5.45. The summed E-state index contributed by atoms with van der Waals surface area (Å²) in [5.41, 5.74) is 0. The van der Waals surface area contributed by atoms with Gasteiger partial charge >= 0.3 is 0 Å². The molecular formula is C3H8Cl2N-. The van der Waals surface area contributed by atoms with E-state index in [-0.39, 0.29) is 24.8 Å². The Morgan fingerprint density at radius 1 is 1.33 bits per heavy atom. The normalized spacial score (nSPS) is 6.33. The molecule has 0 saturated carbocycles. The molecule has 0 aromatic heterocycles. The molecule has 6 heavy (non-hydrogen) atoms. The van der Waals surface area contributed by atoms with Gasteiger partial charge in [0.25, 0.3) is 0 Å². The first kappa shape index (κ1) is 16.3. The van der Waals surface area contributed by atoms with Crippen LogP contribution in [0.2, 0.25) is 0 Å². The molecule has 0 spiro atoms. The van der Waals surface area contributed by atoms with Gasteiger partial charge in [0.05, 0.1) is 0 Å². The fourth-order valence-electron chi connectivity index (χ4n) is 0. The van der Waals surface area contributed by atoms with Crippen molar-refractivity contribution >= 4 is 6.21 Å². The van der Waals surface area contributed by atoms with E-state index in [2.05, 4.69) is 4.99 Å².